The smallest absolute Gasteiger partial charge is 0.215 e. The third kappa shape index (κ3) is 0.730. The first-order valence-corrected chi connectivity index (χ1v) is 3.49. The van der Waals surface area contributed by atoms with Crippen LogP contribution in [0.25, 0.3) is 11.0 Å². The number of aromatic amines is 1. The van der Waals surface area contributed by atoms with Crippen LogP contribution in [0.2, 0.25) is 0 Å². The van der Waals surface area contributed by atoms with Crippen molar-refractivity contribution < 1.29 is 0 Å². The summed E-state index contributed by atoms with van der Waals surface area (Å²) in [7, 11) is 1.76. The number of aromatic nitrogens is 3. The van der Waals surface area contributed by atoms with Gasteiger partial charge >= 0.3 is 0 Å². The number of hydrogen-bond acceptors (Lipinski definition) is 3. The Morgan fingerprint density at radius 3 is 3.17 bits per heavy atom. The van der Waals surface area contributed by atoms with Gasteiger partial charge in [-0.1, -0.05) is 0 Å². The lowest BCUT2D eigenvalue weighted by Crippen LogP contribution is -2.08. The summed E-state index contributed by atoms with van der Waals surface area (Å²) in [5.41, 5.74) is 6.15. The maximum absolute atomic E-state index is 11.3. The number of hydrogen-bond donors (Lipinski definition) is 2. The summed E-state index contributed by atoms with van der Waals surface area (Å²) in [6.45, 7) is 0. The molecule has 0 fully saturated rings. The van der Waals surface area contributed by atoms with Crippen LogP contribution in [0.15, 0.2) is 17.2 Å². The molecule has 2 heterocycles. The van der Waals surface area contributed by atoms with E-state index in [1.54, 1.807) is 11.7 Å². The van der Waals surface area contributed by atoms with Crippen molar-refractivity contribution in [2.75, 3.05) is 5.73 Å². The van der Waals surface area contributed by atoms with E-state index in [9.17, 15) is 4.79 Å². The number of nitrogens with zero attached hydrogens (tertiary/aromatic N) is 2. The van der Waals surface area contributed by atoms with Crippen molar-refractivity contribution in [1.82, 2.24) is 14.8 Å². The highest BCUT2D eigenvalue weighted by Gasteiger charge is 2.04. The first-order chi connectivity index (χ1) is 5.70. The van der Waals surface area contributed by atoms with Crippen LogP contribution in [0.5, 0.6) is 0 Å². The molecule has 0 aliphatic carbocycles. The van der Waals surface area contributed by atoms with Crippen molar-refractivity contribution in [3.8, 4) is 0 Å². The van der Waals surface area contributed by atoms with E-state index < -0.39 is 0 Å². The number of nitrogen functional groups attached to an aromatic ring is 1. The van der Waals surface area contributed by atoms with Crippen LogP contribution in [0.3, 0.4) is 0 Å². The van der Waals surface area contributed by atoms with Crippen molar-refractivity contribution in [3.63, 3.8) is 0 Å². The molecule has 0 amide bonds. The van der Waals surface area contributed by atoms with Gasteiger partial charge in [-0.2, -0.15) is 5.10 Å². The first-order valence-electron chi connectivity index (χ1n) is 3.49. The number of nitrogens with one attached hydrogen (secondary N) is 1. The van der Waals surface area contributed by atoms with Gasteiger partial charge in [-0.15, -0.1) is 0 Å². The summed E-state index contributed by atoms with van der Waals surface area (Å²) in [5.74, 6) is 0. The summed E-state index contributed by atoms with van der Waals surface area (Å²) < 4.78 is 1.59. The average molecular weight is 164 g/mol. The van der Waals surface area contributed by atoms with Gasteiger partial charge in [-0.05, 0) is 0 Å². The minimum absolute atomic E-state index is 0.170. The molecule has 0 bridgehead atoms. The van der Waals surface area contributed by atoms with E-state index in [4.69, 9.17) is 5.73 Å². The lowest BCUT2D eigenvalue weighted by atomic mass is 10.3. The third-order valence-corrected chi connectivity index (χ3v) is 1.81. The maximum atomic E-state index is 11.3. The number of rotatable bonds is 0. The van der Waals surface area contributed by atoms with Gasteiger partial charge in [0.25, 0.3) is 0 Å². The fraction of sp³-hybridized carbons (Fsp3) is 0.143. The minimum atomic E-state index is -0.170. The van der Waals surface area contributed by atoms with Gasteiger partial charge in [0.15, 0.2) is 0 Å². The van der Waals surface area contributed by atoms with Crippen molar-refractivity contribution >= 4 is 16.7 Å². The molecule has 5 heteroatoms. The molecular formula is C7H8N4O. The Labute approximate surface area is 67.8 Å². The van der Waals surface area contributed by atoms with E-state index in [2.05, 4.69) is 10.1 Å². The Bertz CT molecular complexity index is 482. The van der Waals surface area contributed by atoms with Gasteiger partial charge in [0.1, 0.15) is 5.65 Å². The zero-order valence-electron chi connectivity index (χ0n) is 6.53. The maximum Gasteiger partial charge on any atom is 0.215 e. The van der Waals surface area contributed by atoms with Crippen molar-refractivity contribution in [2.24, 2.45) is 7.05 Å². The largest absolute Gasteiger partial charge is 0.394 e. The number of H-pyrrole nitrogens is 1. The molecule has 3 N–H and O–H groups in total. The molecule has 2 rings (SSSR count). The molecule has 0 saturated carbocycles. The first kappa shape index (κ1) is 6.90. The molecule has 0 saturated heterocycles. The van der Waals surface area contributed by atoms with Gasteiger partial charge in [0, 0.05) is 13.2 Å². The monoisotopic (exact) mass is 164 g/mol. The highest BCUT2D eigenvalue weighted by atomic mass is 16.1. The summed E-state index contributed by atoms with van der Waals surface area (Å²) in [6, 6.07) is 0. The van der Waals surface area contributed by atoms with Crippen LogP contribution < -0.4 is 11.2 Å². The van der Waals surface area contributed by atoms with Crippen LogP contribution >= 0.6 is 0 Å². The lowest BCUT2D eigenvalue weighted by molar-refractivity contribution is 0.786. The van der Waals surface area contributed by atoms with Gasteiger partial charge in [-0.3, -0.25) is 9.48 Å². The molecule has 62 valence electrons. The van der Waals surface area contributed by atoms with Crippen LogP contribution in [0, 0.1) is 0 Å². The van der Waals surface area contributed by atoms with Crippen molar-refractivity contribution in [3.05, 3.63) is 22.6 Å². The Morgan fingerprint density at radius 1 is 1.67 bits per heavy atom. The Balaban J connectivity index is 3.03. The SMILES string of the molecule is Cn1ncc2c(=O)c(N)c[nH]c21. The lowest BCUT2D eigenvalue weighted by Gasteiger charge is -1.94. The second-order valence-corrected chi connectivity index (χ2v) is 2.60. The number of aryl methyl sites for hydroxylation is 1. The Hall–Kier alpha value is -1.78. The zero-order valence-corrected chi connectivity index (χ0v) is 6.53. The van der Waals surface area contributed by atoms with Gasteiger partial charge in [0.05, 0.1) is 17.3 Å². The molecule has 2 aromatic heterocycles. The molecule has 5 nitrogen and oxygen atoms in total. The fourth-order valence-corrected chi connectivity index (χ4v) is 1.14. The standard InChI is InChI=1S/C7H8N4O/c1-11-7-4(2-10-11)6(12)5(8)3-9-7/h2-3H,8H2,1H3,(H,9,12). The second-order valence-electron chi connectivity index (χ2n) is 2.60. The predicted molar refractivity (Wildman–Crippen MR) is 45.7 cm³/mol. The van der Waals surface area contributed by atoms with Gasteiger partial charge in [-0.25, -0.2) is 0 Å². The summed E-state index contributed by atoms with van der Waals surface area (Å²) >= 11 is 0. The van der Waals surface area contributed by atoms with Crippen molar-refractivity contribution in [2.45, 2.75) is 0 Å². The molecule has 2 aromatic rings. The third-order valence-electron chi connectivity index (χ3n) is 1.81. The van der Waals surface area contributed by atoms with E-state index in [-0.39, 0.29) is 11.1 Å². The van der Waals surface area contributed by atoms with E-state index in [1.165, 1.54) is 12.4 Å². The van der Waals surface area contributed by atoms with E-state index in [0.717, 1.165) is 0 Å². The molecule has 0 radical (unpaired) electrons. The second kappa shape index (κ2) is 2.10. The zero-order chi connectivity index (χ0) is 8.72. The number of fused-ring (bicyclic) bond motifs is 1. The molecule has 0 aromatic carbocycles. The Morgan fingerprint density at radius 2 is 2.42 bits per heavy atom. The fourth-order valence-electron chi connectivity index (χ4n) is 1.14. The summed E-state index contributed by atoms with van der Waals surface area (Å²) in [6.07, 6.45) is 2.98. The normalized spacial score (nSPS) is 10.8. The average Bonchev–Trinajstić information content (AvgIpc) is 2.41. The number of nitrogens with two attached hydrogens (primary N) is 1. The topological polar surface area (TPSA) is 76.7 Å². The number of anilines is 1. The van der Waals surface area contributed by atoms with E-state index >= 15 is 0 Å². The Kier molecular flexibility index (Phi) is 1.21. The molecule has 0 spiro atoms. The van der Waals surface area contributed by atoms with Gasteiger partial charge < -0.3 is 10.7 Å². The highest BCUT2D eigenvalue weighted by molar-refractivity contribution is 5.77. The highest BCUT2D eigenvalue weighted by Crippen LogP contribution is 2.05. The molecule has 0 unspecified atom stereocenters. The van der Waals surface area contributed by atoms with E-state index in [1.807, 2.05) is 0 Å². The minimum Gasteiger partial charge on any atom is -0.394 e. The molecule has 12 heavy (non-hydrogen) atoms. The molecule has 0 atom stereocenters. The van der Waals surface area contributed by atoms with Crippen molar-refractivity contribution in [1.29, 1.82) is 0 Å². The predicted octanol–water partition coefficient (Wildman–Crippen LogP) is -0.156. The summed E-state index contributed by atoms with van der Waals surface area (Å²) in [4.78, 5) is 14.2. The van der Waals surface area contributed by atoms with Gasteiger partial charge in [0.2, 0.25) is 5.43 Å². The van der Waals surface area contributed by atoms with E-state index in [0.29, 0.717) is 11.0 Å². The van der Waals surface area contributed by atoms with Crippen LogP contribution in [-0.2, 0) is 7.05 Å². The van der Waals surface area contributed by atoms with Crippen LogP contribution in [0.4, 0.5) is 5.69 Å². The molecular weight excluding hydrogens is 156 g/mol. The number of pyridine rings is 1. The summed E-state index contributed by atoms with van der Waals surface area (Å²) in [5, 5.41) is 4.45. The molecule has 0 aliphatic heterocycles. The molecule has 0 aliphatic rings. The quantitative estimate of drug-likeness (QED) is 0.568. The van der Waals surface area contributed by atoms with Crippen LogP contribution in [-0.4, -0.2) is 14.8 Å². The van der Waals surface area contributed by atoms with Crippen LogP contribution in [0.1, 0.15) is 0 Å².